The summed E-state index contributed by atoms with van der Waals surface area (Å²) in [6.45, 7) is 0.263. The molecule has 0 aliphatic carbocycles. The molecule has 0 saturated carbocycles. The number of hydrogen-bond donors (Lipinski definition) is 1. The lowest BCUT2D eigenvalue weighted by atomic mass is 10.3. The summed E-state index contributed by atoms with van der Waals surface area (Å²) in [4.78, 5) is 3.83. The molecule has 0 spiro atoms. The molecule has 5 heteroatoms. The van der Waals surface area contributed by atoms with E-state index in [1.54, 1.807) is 36.4 Å². The number of halogens is 2. The van der Waals surface area contributed by atoms with Crippen LogP contribution in [0.25, 0.3) is 0 Å². The van der Waals surface area contributed by atoms with Crippen LogP contribution in [0.15, 0.2) is 36.4 Å². The minimum Gasteiger partial charge on any atom is -0.504 e. The Hall–Kier alpha value is -1.45. The number of nitrogens with zero attached hydrogens (tertiary/aromatic N) is 1. The minimum absolute atomic E-state index is 0.0961. The first-order chi connectivity index (χ1) is 8.15. The highest BCUT2D eigenvalue weighted by Gasteiger charge is 2.03. The third-order valence-electron chi connectivity index (χ3n) is 2.08. The van der Waals surface area contributed by atoms with Crippen LogP contribution in [0, 0.1) is 0 Å². The third kappa shape index (κ3) is 3.25. The Morgan fingerprint density at radius 2 is 1.76 bits per heavy atom. The molecule has 1 aromatic carbocycles. The van der Waals surface area contributed by atoms with Crippen molar-refractivity contribution in [2.75, 3.05) is 0 Å². The summed E-state index contributed by atoms with van der Waals surface area (Å²) in [6, 6.07) is 10.1. The van der Waals surface area contributed by atoms with Crippen LogP contribution in [-0.2, 0) is 6.61 Å². The van der Waals surface area contributed by atoms with Gasteiger partial charge in [0.15, 0.2) is 11.5 Å². The summed E-state index contributed by atoms with van der Waals surface area (Å²) in [7, 11) is 0. The summed E-state index contributed by atoms with van der Waals surface area (Å²) < 4.78 is 5.44. The zero-order valence-electron chi connectivity index (χ0n) is 8.73. The Morgan fingerprint density at radius 1 is 1.12 bits per heavy atom. The number of ether oxygens (including phenoxy) is 1. The van der Waals surface area contributed by atoms with Gasteiger partial charge in [0.2, 0.25) is 0 Å². The van der Waals surface area contributed by atoms with Gasteiger partial charge in [-0.15, -0.1) is 0 Å². The van der Waals surface area contributed by atoms with Crippen LogP contribution in [-0.4, -0.2) is 10.1 Å². The number of para-hydroxylation sites is 2. The van der Waals surface area contributed by atoms with Gasteiger partial charge in [-0.2, -0.15) is 0 Å². The SMILES string of the molecule is Oc1ccccc1OCc1cc(Cl)nc(Cl)c1. The highest BCUT2D eigenvalue weighted by atomic mass is 35.5. The molecule has 0 aliphatic heterocycles. The topological polar surface area (TPSA) is 42.4 Å². The minimum atomic E-state index is 0.0961. The first-order valence-electron chi connectivity index (χ1n) is 4.88. The van der Waals surface area contributed by atoms with Crippen molar-refractivity contribution in [1.82, 2.24) is 4.98 Å². The van der Waals surface area contributed by atoms with Gasteiger partial charge in [-0.05, 0) is 29.8 Å². The Labute approximate surface area is 109 Å². The van der Waals surface area contributed by atoms with Crippen LogP contribution in [0.4, 0.5) is 0 Å². The molecule has 0 unspecified atom stereocenters. The van der Waals surface area contributed by atoms with Crippen LogP contribution >= 0.6 is 23.2 Å². The predicted octanol–water partition coefficient (Wildman–Crippen LogP) is 3.67. The highest BCUT2D eigenvalue weighted by molar-refractivity contribution is 6.32. The Bertz CT molecular complexity index is 511. The maximum Gasteiger partial charge on any atom is 0.161 e. The third-order valence-corrected chi connectivity index (χ3v) is 2.47. The quantitative estimate of drug-likeness (QED) is 0.865. The molecule has 0 saturated heterocycles. The van der Waals surface area contributed by atoms with Crippen LogP contribution in [0.5, 0.6) is 11.5 Å². The Morgan fingerprint density at radius 3 is 2.41 bits per heavy atom. The normalized spacial score (nSPS) is 10.2. The number of aromatic nitrogens is 1. The first-order valence-corrected chi connectivity index (χ1v) is 5.63. The van der Waals surface area contributed by atoms with Crippen LogP contribution < -0.4 is 4.74 Å². The van der Waals surface area contributed by atoms with E-state index in [1.165, 1.54) is 0 Å². The van der Waals surface area contributed by atoms with Gasteiger partial charge in [-0.3, -0.25) is 0 Å². The van der Waals surface area contributed by atoms with Crippen molar-refractivity contribution in [3.05, 3.63) is 52.3 Å². The maximum absolute atomic E-state index is 9.51. The lowest BCUT2D eigenvalue weighted by molar-refractivity contribution is 0.289. The zero-order chi connectivity index (χ0) is 12.3. The Kier molecular flexibility index (Phi) is 3.71. The number of hydrogen-bond acceptors (Lipinski definition) is 3. The van der Waals surface area contributed by atoms with Crippen molar-refractivity contribution in [1.29, 1.82) is 0 Å². The maximum atomic E-state index is 9.51. The van der Waals surface area contributed by atoms with Crippen molar-refractivity contribution >= 4 is 23.2 Å². The number of aromatic hydroxyl groups is 1. The van der Waals surface area contributed by atoms with E-state index in [1.807, 2.05) is 0 Å². The van der Waals surface area contributed by atoms with Crippen molar-refractivity contribution < 1.29 is 9.84 Å². The van der Waals surface area contributed by atoms with E-state index in [0.717, 1.165) is 5.56 Å². The fourth-order valence-electron chi connectivity index (χ4n) is 1.34. The second-order valence-electron chi connectivity index (χ2n) is 3.38. The molecule has 0 bridgehead atoms. The van der Waals surface area contributed by atoms with E-state index in [2.05, 4.69) is 4.98 Å². The second-order valence-corrected chi connectivity index (χ2v) is 4.15. The van der Waals surface area contributed by atoms with Gasteiger partial charge >= 0.3 is 0 Å². The Balaban J connectivity index is 2.10. The standard InChI is InChI=1S/C12H9Cl2NO2/c13-11-5-8(6-12(14)15-11)7-17-10-4-2-1-3-9(10)16/h1-6,16H,7H2. The smallest absolute Gasteiger partial charge is 0.161 e. The van der Waals surface area contributed by atoms with Gasteiger partial charge in [-0.1, -0.05) is 35.3 Å². The second kappa shape index (κ2) is 5.25. The summed E-state index contributed by atoms with van der Waals surface area (Å²) in [5, 5.41) is 10.1. The molecule has 0 radical (unpaired) electrons. The molecule has 17 heavy (non-hydrogen) atoms. The van der Waals surface area contributed by atoms with Gasteiger partial charge in [0, 0.05) is 0 Å². The van der Waals surface area contributed by atoms with E-state index < -0.39 is 0 Å². The average molecular weight is 270 g/mol. The number of phenols is 1. The van der Waals surface area contributed by atoms with Crippen LogP contribution in [0.1, 0.15) is 5.56 Å². The predicted molar refractivity (Wildman–Crippen MR) is 66.7 cm³/mol. The van der Waals surface area contributed by atoms with Crippen LogP contribution in [0.3, 0.4) is 0 Å². The van der Waals surface area contributed by atoms with E-state index in [4.69, 9.17) is 27.9 Å². The molecule has 1 N–H and O–H groups in total. The van der Waals surface area contributed by atoms with Gasteiger partial charge < -0.3 is 9.84 Å². The summed E-state index contributed by atoms with van der Waals surface area (Å²) in [5.41, 5.74) is 0.790. The van der Waals surface area contributed by atoms with Gasteiger partial charge in [-0.25, -0.2) is 4.98 Å². The summed E-state index contributed by atoms with van der Waals surface area (Å²) >= 11 is 11.5. The lowest BCUT2D eigenvalue weighted by Crippen LogP contribution is -1.96. The molecule has 0 amide bonds. The number of benzene rings is 1. The largest absolute Gasteiger partial charge is 0.504 e. The number of pyridine rings is 1. The molecule has 2 rings (SSSR count). The first kappa shape index (κ1) is 12.0. The molecule has 0 atom stereocenters. The highest BCUT2D eigenvalue weighted by Crippen LogP contribution is 2.25. The molecule has 0 aliphatic rings. The molecule has 88 valence electrons. The fraction of sp³-hybridized carbons (Fsp3) is 0.0833. The van der Waals surface area contributed by atoms with Crippen molar-refractivity contribution in [2.24, 2.45) is 0 Å². The summed E-state index contributed by atoms with van der Waals surface area (Å²) in [6.07, 6.45) is 0. The average Bonchev–Trinajstić information content (AvgIpc) is 2.27. The molecule has 2 aromatic rings. The monoisotopic (exact) mass is 269 g/mol. The molecule has 3 nitrogen and oxygen atoms in total. The molecule has 0 fully saturated rings. The van der Waals surface area contributed by atoms with Crippen molar-refractivity contribution in [3.63, 3.8) is 0 Å². The van der Waals surface area contributed by atoms with Crippen LogP contribution in [0.2, 0.25) is 10.3 Å². The van der Waals surface area contributed by atoms with Crippen molar-refractivity contribution in [2.45, 2.75) is 6.61 Å². The molecule has 1 aromatic heterocycles. The van der Waals surface area contributed by atoms with E-state index in [0.29, 0.717) is 16.1 Å². The van der Waals surface area contributed by atoms with Gasteiger partial charge in [0.25, 0.3) is 0 Å². The van der Waals surface area contributed by atoms with Crippen molar-refractivity contribution in [3.8, 4) is 11.5 Å². The summed E-state index contributed by atoms with van der Waals surface area (Å²) in [5.74, 6) is 0.510. The van der Waals surface area contributed by atoms with E-state index in [9.17, 15) is 5.11 Å². The number of phenolic OH excluding ortho intramolecular Hbond substituents is 1. The van der Waals surface area contributed by atoms with Gasteiger partial charge in [0.05, 0.1) is 0 Å². The lowest BCUT2D eigenvalue weighted by Gasteiger charge is -2.08. The van der Waals surface area contributed by atoms with E-state index >= 15 is 0 Å². The molecular formula is C12H9Cl2NO2. The molecule has 1 heterocycles. The van der Waals surface area contributed by atoms with Gasteiger partial charge in [0.1, 0.15) is 16.9 Å². The fourth-order valence-corrected chi connectivity index (χ4v) is 1.84. The number of rotatable bonds is 3. The zero-order valence-corrected chi connectivity index (χ0v) is 10.2. The molecular weight excluding hydrogens is 261 g/mol. The van der Waals surface area contributed by atoms with E-state index in [-0.39, 0.29) is 12.4 Å².